The largest absolute Gasteiger partial charge is 0.390 e. The third-order valence-corrected chi connectivity index (χ3v) is 4.57. The molecule has 1 aromatic heterocycles. The minimum absolute atomic E-state index is 0.0858. The first-order valence-corrected chi connectivity index (χ1v) is 7.86. The van der Waals surface area contributed by atoms with Crippen LogP contribution in [0, 0.1) is 5.92 Å². The molecule has 1 fully saturated rings. The zero-order valence-electron chi connectivity index (χ0n) is 13.5. The van der Waals surface area contributed by atoms with E-state index in [1.54, 1.807) is 18.5 Å². The molecule has 1 saturated heterocycles. The molecule has 122 valence electrons. The minimum Gasteiger partial charge on any atom is -0.390 e. The number of ketones is 1. The lowest BCUT2D eigenvalue weighted by Gasteiger charge is -2.24. The van der Waals surface area contributed by atoms with Gasteiger partial charge in [0.2, 0.25) is 0 Å². The molecule has 1 aromatic carbocycles. The van der Waals surface area contributed by atoms with Gasteiger partial charge in [-0.15, -0.1) is 0 Å². The first kappa shape index (κ1) is 14.8. The van der Waals surface area contributed by atoms with E-state index in [1.807, 2.05) is 48.2 Å². The van der Waals surface area contributed by atoms with E-state index in [4.69, 9.17) is 0 Å². The van der Waals surface area contributed by atoms with Crippen LogP contribution < -0.4 is 9.80 Å². The average molecular weight is 322 g/mol. The minimum atomic E-state index is -0.758. The maximum atomic E-state index is 12.7. The second kappa shape index (κ2) is 5.42. The second-order valence-corrected chi connectivity index (χ2v) is 6.29. The Balaban J connectivity index is 1.76. The summed E-state index contributed by atoms with van der Waals surface area (Å²) >= 11 is 0. The number of pyridine rings is 1. The van der Waals surface area contributed by atoms with Crippen molar-refractivity contribution < 1.29 is 9.90 Å². The van der Waals surface area contributed by atoms with E-state index >= 15 is 0 Å². The van der Waals surface area contributed by atoms with Gasteiger partial charge >= 0.3 is 0 Å². The summed E-state index contributed by atoms with van der Waals surface area (Å²) in [6.07, 6.45) is 2.41. The van der Waals surface area contributed by atoms with E-state index in [-0.39, 0.29) is 5.78 Å². The quantitative estimate of drug-likeness (QED) is 0.914. The summed E-state index contributed by atoms with van der Waals surface area (Å²) in [6, 6.07) is 9.65. The van der Waals surface area contributed by atoms with Gasteiger partial charge in [0.15, 0.2) is 5.78 Å². The number of aliphatic hydroxyl groups excluding tert-OH is 1. The highest BCUT2D eigenvalue weighted by atomic mass is 16.3. The Hall–Kier alpha value is -2.73. The molecule has 6 heteroatoms. The zero-order valence-corrected chi connectivity index (χ0v) is 13.5. The highest BCUT2D eigenvalue weighted by Crippen LogP contribution is 2.36. The van der Waals surface area contributed by atoms with Crippen molar-refractivity contribution in [1.82, 2.24) is 4.98 Å². The number of amidine groups is 1. The molecule has 6 nitrogen and oxygen atoms in total. The molecule has 2 aliphatic rings. The molecule has 0 bridgehead atoms. The summed E-state index contributed by atoms with van der Waals surface area (Å²) in [6.45, 7) is 0.359. The molecule has 2 aromatic rings. The molecule has 0 amide bonds. The monoisotopic (exact) mass is 322 g/mol. The topological polar surface area (TPSA) is 69.0 Å². The van der Waals surface area contributed by atoms with Crippen molar-refractivity contribution in [3.05, 3.63) is 48.3 Å². The molecule has 0 saturated carbocycles. The van der Waals surface area contributed by atoms with Crippen molar-refractivity contribution in [3.8, 4) is 0 Å². The van der Waals surface area contributed by atoms with Crippen molar-refractivity contribution in [2.75, 3.05) is 30.4 Å². The summed E-state index contributed by atoms with van der Waals surface area (Å²) in [5.41, 5.74) is 3.10. The van der Waals surface area contributed by atoms with Crippen LogP contribution in [0.15, 0.2) is 47.7 Å². The number of rotatable bonds is 2. The van der Waals surface area contributed by atoms with E-state index in [9.17, 15) is 9.90 Å². The Bertz CT molecular complexity index is 829. The molecule has 4 rings (SSSR count). The summed E-state index contributed by atoms with van der Waals surface area (Å²) in [5.74, 6) is -0.0867. The van der Waals surface area contributed by atoms with Gasteiger partial charge in [0.25, 0.3) is 0 Å². The third-order valence-electron chi connectivity index (χ3n) is 4.57. The number of nitrogens with zero attached hydrogens (tertiary/aromatic N) is 4. The number of hydrogen-bond acceptors (Lipinski definition) is 6. The maximum Gasteiger partial charge on any atom is 0.178 e. The van der Waals surface area contributed by atoms with Crippen LogP contribution in [-0.2, 0) is 0 Å². The molecule has 24 heavy (non-hydrogen) atoms. The van der Waals surface area contributed by atoms with Crippen LogP contribution in [0.2, 0.25) is 0 Å². The molecule has 1 unspecified atom stereocenters. The number of hydrogen-bond donors (Lipinski definition) is 1. The van der Waals surface area contributed by atoms with Gasteiger partial charge in [-0.3, -0.25) is 9.78 Å². The number of aliphatic imine (C=N–C) groups is 1. The Kier molecular flexibility index (Phi) is 3.35. The molecule has 0 spiro atoms. The van der Waals surface area contributed by atoms with Gasteiger partial charge in [0.1, 0.15) is 11.8 Å². The Morgan fingerprint density at radius 1 is 1.21 bits per heavy atom. The summed E-state index contributed by atoms with van der Waals surface area (Å²) in [7, 11) is 3.97. The number of fused-ring (bicyclic) bond motifs is 2. The normalized spacial score (nSPS) is 22.0. The van der Waals surface area contributed by atoms with Crippen molar-refractivity contribution in [3.63, 3.8) is 0 Å². The number of β-amino-alcohol motifs (C(OH)–C–C–N with tert-alkyl or cyclic N) is 1. The van der Waals surface area contributed by atoms with E-state index in [1.165, 1.54) is 0 Å². The fourth-order valence-electron chi connectivity index (χ4n) is 3.29. The van der Waals surface area contributed by atoms with Gasteiger partial charge in [0, 0.05) is 37.2 Å². The van der Waals surface area contributed by atoms with Crippen LogP contribution in [0.1, 0.15) is 10.4 Å². The number of benzene rings is 1. The lowest BCUT2D eigenvalue weighted by Crippen LogP contribution is -2.34. The third kappa shape index (κ3) is 2.18. The van der Waals surface area contributed by atoms with E-state index < -0.39 is 12.0 Å². The SMILES string of the molecule is CN(C)c1ccc(N2C[C@@H](O)C3C(=O)c4ccncc4N=C32)cc1. The van der Waals surface area contributed by atoms with Crippen LogP contribution in [0.3, 0.4) is 0 Å². The number of carbonyl (C=O) groups is 1. The Morgan fingerprint density at radius 3 is 2.67 bits per heavy atom. The lowest BCUT2D eigenvalue weighted by atomic mass is 9.91. The van der Waals surface area contributed by atoms with Crippen LogP contribution in [0.5, 0.6) is 0 Å². The van der Waals surface area contributed by atoms with Crippen LogP contribution >= 0.6 is 0 Å². The summed E-state index contributed by atoms with van der Waals surface area (Å²) in [5, 5.41) is 10.4. The predicted molar refractivity (Wildman–Crippen MR) is 93.3 cm³/mol. The lowest BCUT2D eigenvalue weighted by molar-refractivity contribution is 0.0838. The first-order chi connectivity index (χ1) is 11.6. The van der Waals surface area contributed by atoms with Gasteiger partial charge in [0.05, 0.1) is 24.5 Å². The number of Topliss-reactive ketones (excluding diaryl/α,β-unsaturated/α-hetero) is 1. The number of carbonyl (C=O) groups excluding carboxylic acids is 1. The molecule has 0 radical (unpaired) electrons. The van der Waals surface area contributed by atoms with Crippen molar-refractivity contribution in [1.29, 1.82) is 0 Å². The zero-order chi connectivity index (χ0) is 16.8. The molecule has 2 aliphatic heterocycles. The fourth-order valence-corrected chi connectivity index (χ4v) is 3.29. The number of aromatic nitrogens is 1. The Labute approximate surface area is 140 Å². The maximum absolute atomic E-state index is 12.7. The fraction of sp³-hybridized carbons (Fsp3) is 0.278. The smallest absolute Gasteiger partial charge is 0.178 e. The van der Waals surface area contributed by atoms with Crippen LogP contribution in [0.4, 0.5) is 17.1 Å². The van der Waals surface area contributed by atoms with Crippen molar-refractivity contribution in [2.24, 2.45) is 10.9 Å². The van der Waals surface area contributed by atoms with Gasteiger partial charge in [-0.25, -0.2) is 4.99 Å². The standard InChI is InChI=1S/C18H18N4O2/c1-21(2)11-3-5-12(6-4-11)22-10-15(23)16-17(24)13-7-8-19-9-14(13)20-18(16)22/h3-9,15-16,23H,10H2,1-2H3/t15-,16?/m1/s1. The molecule has 3 heterocycles. The average Bonchev–Trinajstić information content (AvgIpc) is 2.92. The summed E-state index contributed by atoms with van der Waals surface area (Å²) < 4.78 is 0. The van der Waals surface area contributed by atoms with Crippen molar-refractivity contribution >= 4 is 28.7 Å². The first-order valence-electron chi connectivity index (χ1n) is 7.86. The number of anilines is 2. The predicted octanol–water partition coefficient (Wildman–Crippen LogP) is 1.87. The van der Waals surface area contributed by atoms with Gasteiger partial charge < -0.3 is 14.9 Å². The van der Waals surface area contributed by atoms with Gasteiger partial charge in [-0.1, -0.05) is 0 Å². The number of aliphatic hydroxyl groups is 1. The summed E-state index contributed by atoms with van der Waals surface area (Å²) in [4.78, 5) is 25.3. The van der Waals surface area contributed by atoms with Crippen molar-refractivity contribution in [2.45, 2.75) is 6.10 Å². The molecule has 1 N–H and O–H groups in total. The molecular weight excluding hydrogens is 304 g/mol. The van der Waals surface area contributed by atoms with Gasteiger partial charge in [-0.05, 0) is 30.3 Å². The van der Waals surface area contributed by atoms with Crippen LogP contribution in [0.25, 0.3) is 0 Å². The second-order valence-electron chi connectivity index (χ2n) is 6.29. The molecule has 2 atom stereocenters. The molecular formula is C18H18N4O2. The van der Waals surface area contributed by atoms with E-state index in [0.29, 0.717) is 23.6 Å². The van der Waals surface area contributed by atoms with E-state index in [2.05, 4.69) is 9.98 Å². The van der Waals surface area contributed by atoms with Crippen LogP contribution in [-0.4, -0.2) is 48.5 Å². The highest BCUT2D eigenvalue weighted by Gasteiger charge is 2.45. The van der Waals surface area contributed by atoms with E-state index in [0.717, 1.165) is 11.4 Å². The Morgan fingerprint density at radius 2 is 1.96 bits per heavy atom. The highest BCUT2D eigenvalue weighted by molar-refractivity contribution is 6.23. The molecule has 0 aliphatic carbocycles. The van der Waals surface area contributed by atoms with Gasteiger partial charge in [-0.2, -0.15) is 0 Å².